The Morgan fingerprint density at radius 2 is 2.14 bits per heavy atom. The summed E-state index contributed by atoms with van der Waals surface area (Å²) in [6.07, 6.45) is -1.72. The molecule has 0 aromatic heterocycles. The van der Waals surface area contributed by atoms with Gasteiger partial charge in [-0.15, -0.1) is 0 Å². The zero-order chi connectivity index (χ0) is 5.86. The molecule has 0 bridgehead atoms. The molecule has 0 aliphatic heterocycles. The second-order valence-electron chi connectivity index (χ2n) is 0.621. The van der Waals surface area contributed by atoms with Crippen LogP contribution in [0.1, 0.15) is 0 Å². The van der Waals surface area contributed by atoms with E-state index in [1.165, 1.54) is 0 Å². The standard InChI is InChI=1S/CHNO4S/c3-1(4)2(5)7-6/h(H-,3,4,6)/p+1. The Kier molecular flexibility index (Phi) is 2.31. The molecule has 0 aromatic rings. The summed E-state index contributed by atoms with van der Waals surface area (Å²) in [6.45, 7) is 0. The van der Waals surface area contributed by atoms with E-state index < -0.39 is 10.3 Å². The van der Waals surface area contributed by atoms with Gasteiger partial charge in [-0.25, -0.2) is 0 Å². The van der Waals surface area contributed by atoms with Crippen LogP contribution in [0, 0.1) is 4.91 Å². The molecule has 0 fully saturated rings. The van der Waals surface area contributed by atoms with Crippen LogP contribution in [-0.4, -0.2) is 19.9 Å². The third-order valence-corrected chi connectivity index (χ3v) is 0.535. The zero-order valence-electron chi connectivity index (χ0n) is 3.07. The summed E-state index contributed by atoms with van der Waals surface area (Å²) in [7, 11) is 0. The molecule has 0 radical (unpaired) electrons. The Morgan fingerprint density at radius 3 is 2.14 bits per heavy atom. The van der Waals surface area contributed by atoms with Crippen LogP contribution in [0.15, 0.2) is 0 Å². The summed E-state index contributed by atoms with van der Waals surface area (Å²) in [6, 6.07) is 0. The van der Waals surface area contributed by atoms with Crippen LogP contribution in [-0.2, 0) is 0 Å². The van der Waals surface area contributed by atoms with Gasteiger partial charge in [-0.2, -0.15) is 4.79 Å². The Morgan fingerprint density at radius 1 is 1.71 bits per heavy atom. The van der Waals surface area contributed by atoms with Crippen molar-refractivity contribution in [2.24, 2.45) is 0 Å². The second-order valence-corrected chi connectivity index (χ2v) is 1.12. The van der Waals surface area contributed by atoms with Gasteiger partial charge in [0.25, 0.3) is 0 Å². The highest BCUT2D eigenvalue weighted by Gasteiger charge is 2.21. The molecule has 0 unspecified atom stereocenters. The molecule has 0 atom stereocenters. The van der Waals surface area contributed by atoms with Crippen molar-refractivity contribution >= 4 is 18.3 Å². The van der Waals surface area contributed by atoms with E-state index in [2.05, 4.69) is 0 Å². The molecule has 0 rings (SSSR count). The van der Waals surface area contributed by atoms with E-state index in [-0.39, 0.29) is 12.2 Å². The Balaban J connectivity index is 3.58. The molecule has 0 saturated heterocycles. The number of nitrogens with zero attached hydrogens (tertiary/aromatic N) is 1. The quantitative estimate of drug-likeness (QED) is 0.303. The van der Waals surface area contributed by atoms with Gasteiger partial charge in [-0.3, -0.25) is 4.55 Å². The molecule has 40 valence electrons. The van der Waals surface area contributed by atoms with Crippen LogP contribution in [0.25, 0.3) is 0 Å². The first-order chi connectivity index (χ1) is 3.18. The summed E-state index contributed by atoms with van der Waals surface area (Å²) in [5.41, 5.74) is 0. The second kappa shape index (κ2) is 2.54. The van der Waals surface area contributed by atoms with Crippen LogP contribution in [0.2, 0.25) is 0 Å². The van der Waals surface area contributed by atoms with Crippen LogP contribution in [0.4, 0.5) is 4.79 Å². The predicted octanol–water partition coefficient (Wildman–Crippen LogP) is 0.565. The molecule has 2 N–H and O–H groups in total. The van der Waals surface area contributed by atoms with E-state index >= 15 is 0 Å². The van der Waals surface area contributed by atoms with Crippen molar-refractivity contribution < 1.29 is 18.6 Å². The molecular weight excluding hydrogens is 122 g/mol. The van der Waals surface area contributed by atoms with E-state index in [1.54, 1.807) is 0 Å². The number of carboxylic acid groups (broad SMARTS) is 1. The maximum atomic E-state index is 9.54. The van der Waals surface area contributed by atoms with Crippen LogP contribution < -0.4 is 0 Å². The zero-order valence-corrected chi connectivity index (χ0v) is 3.88. The van der Waals surface area contributed by atoms with Gasteiger partial charge in [0.1, 0.15) is 0 Å². The van der Waals surface area contributed by atoms with Gasteiger partial charge in [-0.05, 0) is 0 Å². The van der Waals surface area contributed by atoms with Gasteiger partial charge in [-0.1, -0.05) is 0 Å². The van der Waals surface area contributed by atoms with Crippen molar-refractivity contribution in [1.82, 2.24) is 0 Å². The highest BCUT2D eigenvalue weighted by Crippen LogP contribution is 1.91. The predicted molar refractivity (Wildman–Crippen MR) is 21.9 cm³/mol. The van der Waals surface area contributed by atoms with Gasteiger partial charge in [0.15, 0.2) is 0 Å². The molecule has 0 aliphatic carbocycles. The minimum Gasteiger partial charge on any atom is -0.423 e. The molecule has 7 heavy (non-hydrogen) atoms. The first-order valence-electron chi connectivity index (χ1n) is 1.20. The molecule has 0 saturated carbocycles. The van der Waals surface area contributed by atoms with E-state index in [0.29, 0.717) is 0 Å². The van der Waals surface area contributed by atoms with Crippen LogP contribution >= 0.6 is 12.2 Å². The fourth-order valence-electron chi connectivity index (χ4n) is 0.0349. The minimum atomic E-state index is -1.72. The minimum absolute atomic E-state index is 0.389. The third kappa shape index (κ3) is 2.12. The van der Waals surface area contributed by atoms with E-state index in [9.17, 15) is 9.70 Å². The average Bonchev–Trinajstić information content (AvgIpc) is 1.65. The van der Waals surface area contributed by atoms with E-state index in [0.717, 1.165) is 0 Å². The normalized spacial score (nSPS) is 8.14. The summed E-state index contributed by atoms with van der Waals surface area (Å²) in [4.78, 5) is 18.9. The first-order valence-corrected chi connectivity index (χ1v) is 1.93. The third-order valence-electron chi connectivity index (χ3n) is 0.230. The lowest BCUT2D eigenvalue weighted by Gasteiger charge is -1.66. The maximum absolute atomic E-state index is 9.54. The molecule has 0 heterocycles. The van der Waals surface area contributed by atoms with Crippen molar-refractivity contribution in [2.75, 3.05) is 0 Å². The van der Waals surface area contributed by atoms with E-state index in [4.69, 9.17) is 9.66 Å². The number of amides is 1. The number of hydrogen-bond donors (Lipinski definition) is 2. The van der Waals surface area contributed by atoms with Gasteiger partial charge >= 0.3 is 18.3 Å². The monoisotopic (exact) mass is 124 g/mol. The Bertz CT molecular complexity index is 99.9. The van der Waals surface area contributed by atoms with Crippen molar-refractivity contribution in [1.29, 1.82) is 0 Å². The van der Waals surface area contributed by atoms with Gasteiger partial charge in [0.2, 0.25) is 4.17 Å². The fraction of sp³-hybridized carbons (Fsp3) is 0. The van der Waals surface area contributed by atoms with Crippen molar-refractivity contribution in [3.05, 3.63) is 4.91 Å². The summed E-state index contributed by atoms with van der Waals surface area (Å²) in [5, 5.41) is 7.61. The van der Waals surface area contributed by atoms with Crippen LogP contribution in [0.5, 0.6) is 0 Å². The molecule has 6 heteroatoms. The number of nitroso groups, excluding NO2 is 1. The summed E-state index contributed by atoms with van der Waals surface area (Å²) < 4.78 is 7.08. The Hall–Kier alpha value is -0.620. The largest absolute Gasteiger partial charge is 0.659 e. The lowest BCUT2D eigenvalue weighted by atomic mass is 11.3. The highest BCUT2D eigenvalue weighted by atomic mass is 32.2. The SMILES string of the molecule is O=C(O)[N+](=O)SO. The molecule has 0 aromatic carbocycles. The van der Waals surface area contributed by atoms with Crippen molar-refractivity contribution in [3.8, 4) is 0 Å². The van der Waals surface area contributed by atoms with E-state index in [1.807, 2.05) is 0 Å². The van der Waals surface area contributed by atoms with Gasteiger partial charge < -0.3 is 5.11 Å². The highest BCUT2D eigenvalue weighted by molar-refractivity contribution is 7.87. The van der Waals surface area contributed by atoms with Gasteiger partial charge in [0, 0.05) is 4.91 Å². The molecule has 1 amide bonds. The lowest BCUT2D eigenvalue weighted by molar-refractivity contribution is -0.291. The smallest absolute Gasteiger partial charge is 0.423 e. The summed E-state index contributed by atoms with van der Waals surface area (Å²) >= 11 is -0.389. The first kappa shape index (κ1) is 6.38. The number of rotatable bonds is 1. The summed E-state index contributed by atoms with van der Waals surface area (Å²) in [5.74, 6) is 0. The maximum Gasteiger partial charge on any atom is 0.659 e. The van der Waals surface area contributed by atoms with Gasteiger partial charge in [0.05, 0.1) is 0 Å². The molecule has 5 nitrogen and oxygen atoms in total. The lowest BCUT2D eigenvalue weighted by Crippen LogP contribution is -2.05. The number of carbonyl (C=O) groups is 1. The molecular formula is CH2NO4S+. The Labute approximate surface area is 42.9 Å². The van der Waals surface area contributed by atoms with Crippen molar-refractivity contribution in [2.45, 2.75) is 0 Å². The molecule has 0 aliphatic rings. The topological polar surface area (TPSA) is 77.6 Å². The van der Waals surface area contributed by atoms with Crippen LogP contribution in [0.3, 0.4) is 0 Å². The van der Waals surface area contributed by atoms with Crippen molar-refractivity contribution in [3.63, 3.8) is 0 Å². The molecule has 0 spiro atoms. The number of hydrogen-bond acceptors (Lipinski definition) is 4. The fourth-order valence-corrected chi connectivity index (χ4v) is 0.105. The average molecular weight is 124 g/mol.